The lowest BCUT2D eigenvalue weighted by Crippen LogP contribution is -2.36. The Morgan fingerprint density at radius 1 is 1.19 bits per heavy atom. The van der Waals surface area contributed by atoms with Crippen LogP contribution < -0.4 is 10.2 Å². The highest BCUT2D eigenvalue weighted by Gasteiger charge is 2.14. The fourth-order valence-corrected chi connectivity index (χ4v) is 2.79. The zero-order valence-electron chi connectivity index (χ0n) is 14.3. The van der Waals surface area contributed by atoms with E-state index in [-0.39, 0.29) is 15.7 Å². The van der Waals surface area contributed by atoms with E-state index in [1.807, 2.05) is 12.1 Å². The molecule has 2 aromatic rings. The van der Waals surface area contributed by atoms with Crippen molar-refractivity contribution in [2.75, 3.05) is 43.1 Å². The van der Waals surface area contributed by atoms with Gasteiger partial charge >= 0.3 is 5.97 Å². The molecule has 3 rings (SSSR count). The van der Waals surface area contributed by atoms with E-state index in [9.17, 15) is 9.59 Å². The van der Waals surface area contributed by atoms with Crippen LogP contribution in [0.2, 0.25) is 10.2 Å². The highest BCUT2D eigenvalue weighted by atomic mass is 35.5. The molecule has 142 valence electrons. The Bertz CT molecular complexity index is 824. The molecule has 1 aliphatic heterocycles. The predicted octanol–water partition coefficient (Wildman–Crippen LogP) is 3.02. The third-order valence-corrected chi connectivity index (χ3v) is 4.58. The number of anilines is 2. The number of nitrogens with one attached hydrogen (secondary N) is 1. The minimum atomic E-state index is -0.709. The normalized spacial score (nSPS) is 13.9. The zero-order chi connectivity index (χ0) is 19.2. The van der Waals surface area contributed by atoms with Crippen molar-refractivity contribution in [3.63, 3.8) is 0 Å². The summed E-state index contributed by atoms with van der Waals surface area (Å²) in [7, 11) is 0. The van der Waals surface area contributed by atoms with E-state index in [2.05, 4.69) is 15.2 Å². The lowest BCUT2D eigenvalue weighted by atomic mass is 10.2. The van der Waals surface area contributed by atoms with Gasteiger partial charge in [-0.1, -0.05) is 23.2 Å². The summed E-state index contributed by atoms with van der Waals surface area (Å²) in [5.41, 5.74) is 1.80. The fourth-order valence-electron chi connectivity index (χ4n) is 2.52. The van der Waals surface area contributed by atoms with Gasteiger partial charge < -0.3 is 19.7 Å². The fraction of sp³-hybridized carbons (Fsp3) is 0.278. The summed E-state index contributed by atoms with van der Waals surface area (Å²) < 4.78 is 10.3. The Hall–Kier alpha value is -2.35. The molecule has 1 aromatic heterocycles. The van der Waals surface area contributed by atoms with Crippen LogP contribution in [0.3, 0.4) is 0 Å². The molecular formula is C18H17Cl2N3O4. The van der Waals surface area contributed by atoms with Gasteiger partial charge in [0.25, 0.3) is 5.91 Å². The van der Waals surface area contributed by atoms with Crippen LogP contribution in [0.1, 0.15) is 10.4 Å². The van der Waals surface area contributed by atoms with Crippen molar-refractivity contribution in [1.29, 1.82) is 0 Å². The molecule has 2 heterocycles. The number of ether oxygens (including phenoxy) is 2. The average Bonchev–Trinajstić information content (AvgIpc) is 2.69. The Kier molecular flexibility index (Phi) is 6.49. The quantitative estimate of drug-likeness (QED) is 0.603. The number of hydrogen-bond acceptors (Lipinski definition) is 6. The standard InChI is InChI=1S/C18H17Cl2N3O4/c19-15-9-12(10-21-17(15)20)18(25)27-11-16(24)22-13-1-3-14(4-2-13)23-5-7-26-8-6-23/h1-4,9-10H,5-8,11H2,(H,22,24). The van der Waals surface area contributed by atoms with Crippen molar-refractivity contribution in [3.8, 4) is 0 Å². The molecule has 7 nitrogen and oxygen atoms in total. The second-order valence-corrected chi connectivity index (χ2v) is 6.53. The first-order valence-corrected chi connectivity index (χ1v) is 8.99. The maximum absolute atomic E-state index is 12.0. The van der Waals surface area contributed by atoms with Crippen LogP contribution in [0.4, 0.5) is 11.4 Å². The molecule has 0 spiro atoms. The Labute approximate surface area is 166 Å². The minimum Gasteiger partial charge on any atom is -0.452 e. The molecule has 0 aliphatic carbocycles. The van der Waals surface area contributed by atoms with Gasteiger partial charge in [0, 0.05) is 30.7 Å². The van der Waals surface area contributed by atoms with Gasteiger partial charge in [0.15, 0.2) is 6.61 Å². The number of rotatable bonds is 5. The second-order valence-electron chi connectivity index (χ2n) is 5.77. The number of morpholine rings is 1. The first-order chi connectivity index (χ1) is 13.0. The second kappa shape index (κ2) is 9.03. The highest BCUT2D eigenvalue weighted by molar-refractivity contribution is 6.41. The topological polar surface area (TPSA) is 80.8 Å². The lowest BCUT2D eigenvalue weighted by Gasteiger charge is -2.28. The molecule has 9 heteroatoms. The molecular weight excluding hydrogens is 393 g/mol. The summed E-state index contributed by atoms with van der Waals surface area (Å²) in [6.07, 6.45) is 1.23. The van der Waals surface area contributed by atoms with Crippen LogP contribution in [0.25, 0.3) is 0 Å². The molecule has 1 saturated heterocycles. The molecule has 1 fully saturated rings. The maximum Gasteiger partial charge on any atom is 0.340 e. The van der Waals surface area contributed by atoms with E-state index < -0.39 is 18.5 Å². The van der Waals surface area contributed by atoms with Gasteiger partial charge in [-0.2, -0.15) is 0 Å². The summed E-state index contributed by atoms with van der Waals surface area (Å²) in [5.74, 6) is -1.16. The van der Waals surface area contributed by atoms with Crippen molar-refractivity contribution < 1.29 is 19.1 Å². The molecule has 0 saturated carbocycles. The summed E-state index contributed by atoms with van der Waals surface area (Å²) >= 11 is 11.5. The monoisotopic (exact) mass is 409 g/mol. The van der Waals surface area contributed by atoms with E-state index in [0.717, 1.165) is 18.8 Å². The van der Waals surface area contributed by atoms with E-state index in [0.29, 0.717) is 18.9 Å². The molecule has 1 aromatic carbocycles. The van der Waals surface area contributed by atoms with Crippen molar-refractivity contribution in [2.45, 2.75) is 0 Å². The first kappa shape index (κ1) is 19.4. The van der Waals surface area contributed by atoms with Crippen molar-refractivity contribution >= 4 is 46.5 Å². The Balaban J connectivity index is 1.50. The van der Waals surface area contributed by atoms with Gasteiger partial charge in [0.2, 0.25) is 0 Å². The molecule has 0 atom stereocenters. The third kappa shape index (κ3) is 5.32. The van der Waals surface area contributed by atoms with Gasteiger partial charge in [-0.25, -0.2) is 9.78 Å². The summed E-state index contributed by atoms with van der Waals surface area (Å²) in [6, 6.07) is 8.78. The van der Waals surface area contributed by atoms with Gasteiger partial charge in [0.1, 0.15) is 5.15 Å². The zero-order valence-corrected chi connectivity index (χ0v) is 15.8. The molecule has 1 aliphatic rings. The number of nitrogens with zero attached hydrogens (tertiary/aromatic N) is 2. The smallest absolute Gasteiger partial charge is 0.340 e. The van der Waals surface area contributed by atoms with Crippen LogP contribution in [0.15, 0.2) is 36.5 Å². The van der Waals surface area contributed by atoms with E-state index in [1.165, 1.54) is 12.3 Å². The number of carbonyl (C=O) groups excluding carboxylic acids is 2. The highest BCUT2D eigenvalue weighted by Crippen LogP contribution is 2.20. The number of carbonyl (C=O) groups is 2. The third-order valence-electron chi connectivity index (χ3n) is 3.89. The number of esters is 1. The number of amides is 1. The maximum atomic E-state index is 12.0. The molecule has 27 heavy (non-hydrogen) atoms. The van der Waals surface area contributed by atoms with E-state index in [4.69, 9.17) is 32.7 Å². The first-order valence-electron chi connectivity index (χ1n) is 8.24. The van der Waals surface area contributed by atoms with Gasteiger partial charge in [-0.05, 0) is 30.3 Å². The van der Waals surface area contributed by atoms with Gasteiger partial charge in [-0.15, -0.1) is 0 Å². The number of pyridine rings is 1. The lowest BCUT2D eigenvalue weighted by molar-refractivity contribution is -0.119. The number of hydrogen-bond donors (Lipinski definition) is 1. The van der Waals surface area contributed by atoms with Crippen LogP contribution >= 0.6 is 23.2 Å². The van der Waals surface area contributed by atoms with E-state index in [1.54, 1.807) is 12.1 Å². The minimum absolute atomic E-state index is 0.0893. The Morgan fingerprint density at radius 2 is 1.89 bits per heavy atom. The number of halogens is 2. The van der Waals surface area contributed by atoms with Gasteiger partial charge in [0.05, 0.1) is 23.8 Å². The van der Waals surface area contributed by atoms with Crippen LogP contribution in [-0.4, -0.2) is 49.8 Å². The van der Waals surface area contributed by atoms with Gasteiger partial charge in [-0.3, -0.25) is 4.79 Å². The van der Waals surface area contributed by atoms with Crippen molar-refractivity contribution in [2.24, 2.45) is 0 Å². The number of aromatic nitrogens is 1. The Morgan fingerprint density at radius 3 is 2.56 bits per heavy atom. The number of benzene rings is 1. The average molecular weight is 410 g/mol. The summed E-state index contributed by atoms with van der Waals surface area (Å²) in [6.45, 7) is 2.66. The molecule has 1 amide bonds. The van der Waals surface area contributed by atoms with Crippen molar-refractivity contribution in [3.05, 3.63) is 52.3 Å². The predicted molar refractivity (Wildman–Crippen MR) is 103 cm³/mol. The molecule has 0 bridgehead atoms. The van der Waals surface area contributed by atoms with Crippen LogP contribution in [0.5, 0.6) is 0 Å². The largest absolute Gasteiger partial charge is 0.452 e. The van der Waals surface area contributed by atoms with E-state index >= 15 is 0 Å². The van der Waals surface area contributed by atoms with Crippen molar-refractivity contribution in [1.82, 2.24) is 4.98 Å². The summed E-state index contributed by atoms with van der Waals surface area (Å²) in [4.78, 5) is 29.9. The molecule has 0 unspecified atom stereocenters. The molecule has 0 radical (unpaired) electrons. The summed E-state index contributed by atoms with van der Waals surface area (Å²) in [5, 5.41) is 2.90. The van der Waals surface area contributed by atoms with Crippen LogP contribution in [0, 0.1) is 0 Å². The molecule has 1 N–H and O–H groups in total. The van der Waals surface area contributed by atoms with Crippen LogP contribution in [-0.2, 0) is 14.3 Å². The SMILES string of the molecule is O=C(COC(=O)c1cnc(Cl)c(Cl)c1)Nc1ccc(N2CCOCC2)cc1.